The Bertz CT molecular complexity index is 1430. The fraction of sp³-hybridized carbons (Fsp3) is 0.0952. The Hall–Kier alpha value is -1.84. The minimum atomic E-state index is -3.95. The summed E-state index contributed by atoms with van der Waals surface area (Å²) in [5.41, 5.74) is 3.90. The van der Waals surface area contributed by atoms with Crippen LogP contribution in [0.15, 0.2) is 56.5 Å². The smallest absolute Gasteiger partial charge is 0.273 e. The molecule has 4 rings (SSSR count). The second kappa shape index (κ2) is 8.60. The number of amides is 1. The maximum atomic E-state index is 12.7. The Morgan fingerprint density at radius 3 is 2.58 bits per heavy atom. The fourth-order valence-electron chi connectivity index (χ4n) is 3.28. The van der Waals surface area contributed by atoms with E-state index in [4.69, 9.17) is 23.2 Å². The fourth-order valence-corrected chi connectivity index (χ4v) is 6.74. The number of benzene rings is 2. The van der Waals surface area contributed by atoms with Gasteiger partial charge in [0.05, 0.1) is 3.79 Å². The highest BCUT2D eigenvalue weighted by Gasteiger charge is 2.21. The molecule has 0 bridgehead atoms. The van der Waals surface area contributed by atoms with Crippen molar-refractivity contribution in [2.24, 2.45) is 0 Å². The molecule has 1 amide bonds. The minimum Gasteiger partial charge on any atom is -0.358 e. The van der Waals surface area contributed by atoms with Crippen LogP contribution in [-0.2, 0) is 16.4 Å². The van der Waals surface area contributed by atoms with Gasteiger partial charge >= 0.3 is 0 Å². The van der Waals surface area contributed by atoms with Crippen LogP contribution < -0.4 is 4.72 Å². The van der Waals surface area contributed by atoms with E-state index in [1.54, 1.807) is 36.4 Å². The second-order valence-corrected chi connectivity index (χ2v) is 12.1. The molecule has 0 atom stereocenters. The molecule has 2 N–H and O–H groups in total. The molecule has 4 aromatic rings. The molecule has 160 valence electrons. The van der Waals surface area contributed by atoms with Crippen molar-refractivity contribution < 1.29 is 13.2 Å². The molecule has 10 heteroatoms. The number of aromatic nitrogens is 1. The molecule has 0 aliphatic rings. The third-order valence-electron chi connectivity index (χ3n) is 4.80. The minimum absolute atomic E-state index is 0.0596. The summed E-state index contributed by atoms with van der Waals surface area (Å²) in [5.74, 6) is -0.694. The van der Waals surface area contributed by atoms with E-state index in [0.29, 0.717) is 20.3 Å². The number of aromatic amines is 1. The number of halogens is 3. The molecule has 5 nitrogen and oxygen atoms in total. The first-order valence-electron chi connectivity index (χ1n) is 9.01. The number of carbonyl (C=O) groups excluding carboxylic acids is 1. The van der Waals surface area contributed by atoms with Gasteiger partial charge in [-0.15, -0.1) is 11.3 Å². The number of hydrogen-bond acceptors (Lipinski definition) is 4. The van der Waals surface area contributed by atoms with E-state index in [-0.39, 0.29) is 9.77 Å². The molecule has 0 aliphatic carbocycles. The van der Waals surface area contributed by atoms with Crippen LogP contribution in [0.5, 0.6) is 0 Å². The van der Waals surface area contributed by atoms with Crippen molar-refractivity contribution in [3.8, 4) is 0 Å². The standard InChI is InChI=1S/C21H15BrCl2N2O3S2/c1-11-15(8-12-2-4-14(23)10-17(12)24)16-9-13(3-5-18(16)25-11)21(27)26-31(28,29)20-7-6-19(22)30-20/h2-7,9-10,25H,8H2,1H3,(H,26,27). The average molecular weight is 558 g/mol. The Morgan fingerprint density at radius 2 is 1.90 bits per heavy atom. The predicted molar refractivity (Wildman–Crippen MR) is 129 cm³/mol. The van der Waals surface area contributed by atoms with E-state index in [0.717, 1.165) is 39.1 Å². The number of rotatable bonds is 5. The van der Waals surface area contributed by atoms with Gasteiger partial charge in [-0.2, -0.15) is 0 Å². The van der Waals surface area contributed by atoms with Crippen LogP contribution in [0.25, 0.3) is 10.9 Å². The molecule has 31 heavy (non-hydrogen) atoms. The number of thiophene rings is 1. The molecule has 0 spiro atoms. The van der Waals surface area contributed by atoms with Gasteiger partial charge in [0.2, 0.25) is 0 Å². The number of fused-ring (bicyclic) bond motifs is 1. The third kappa shape index (κ3) is 4.68. The molecule has 0 radical (unpaired) electrons. The molecule has 0 fully saturated rings. The Labute approximate surface area is 201 Å². The molecule has 0 unspecified atom stereocenters. The Morgan fingerprint density at radius 1 is 1.13 bits per heavy atom. The summed E-state index contributed by atoms with van der Waals surface area (Å²) in [6.45, 7) is 1.94. The van der Waals surface area contributed by atoms with Crippen molar-refractivity contribution >= 4 is 77.3 Å². The van der Waals surface area contributed by atoms with Crippen LogP contribution in [0.3, 0.4) is 0 Å². The van der Waals surface area contributed by atoms with Gasteiger partial charge in [0, 0.05) is 38.6 Å². The Balaban J connectivity index is 1.67. The monoisotopic (exact) mass is 556 g/mol. The lowest BCUT2D eigenvalue weighted by atomic mass is 10.0. The topological polar surface area (TPSA) is 79.0 Å². The predicted octanol–water partition coefficient (Wildman–Crippen LogP) is 6.32. The molecular formula is C21H15BrCl2N2O3S2. The van der Waals surface area contributed by atoms with Gasteiger partial charge in [0.15, 0.2) is 0 Å². The number of H-pyrrole nitrogens is 1. The first-order chi connectivity index (χ1) is 14.6. The number of sulfonamides is 1. The van der Waals surface area contributed by atoms with Gasteiger partial charge < -0.3 is 4.98 Å². The van der Waals surface area contributed by atoms with Crippen LogP contribution in [0.1, 0.15) is 27.2 Å². The third-order valence-corrected chi connectivity index (χ3v) is 8.84. The summed E-state index contributed by atoms with van der Waals surface area (Å²) in [7, 11) is -3.95. The maximum absolute atomic E-state index is 12.7. The lowest BCUT2D eigenvalue weighted by Crippen LogP contribution is -2.30. The largest absolute Gasteiger partial charge is 0.358 e. The van der Waals surface area contributed by atoms with Crippen LogP contribution in [0.4, 0.5) is 0 Å². The molecule has 2 heterocycles. The van der Waals surface area contributed by atoms with Crippen LogP contribution in [0.2, 0.25) is 10.0 Å². The van der Waals surface area contributed by atoms with Crippen molar-refractivity contribution in [1.29, 1.82) is 0 Å². The van der Waals surface area contributed by atoms with E-state index in [9.17, 15) is 13.2 Å². The molecule has 0 saturated carbocycles. The van der Waals surface area contributed by atoms with Gasteiger partial charge in [-0.3, -0.25) is 4.79 Å². The first-order valence-corrected chi connectivity index (χ1v) is 12.9. The quantitative estimate of drug-likeness (QED) is 0.301. The number of hydrogen-bond donors (Lipinski definition) is 2. The number of carbonyl (C=O) groups is 1. The highest BCUT2D eigenvalue weighted by atomic mass is 79.9. The van der Waals surface area contributed by atoms with Gasteiger partial charge in [0.1, 0.15) is 4.21 Å². The second-order valence-electron chi connectivity index (χ2n) is 6.89. The maximum Gasteiger partial charge on any atom is 0.273 e. The number of aryl methyl sites for hydroxylation is 1. The van der Waals surface area contributed by atoms with E-state index in [2.05, 4.69) is 25.6 Å². The van der Waals surface area contributed by atoms with Crippen molar-refractivity contribution in [2.75, 3.05) is 0 Å². The summed E-state index contributed by atoms with van der Waals surface area (Å²) in [6, 6.07) is 13.4. The van der Waals surface area contributed by atoms with Crippen molar-refractivity contribution in [3.63, 3.8) is 0 Å². The van der Waals surface area contributed by atoms with Crippen LogP contribution in [0, 0.1) is 6.92 Å². The highest BCUT2D eigenvalue weighted by Crippen LogP contribution is 2.30. The summed E-state index contributed by atoms with van der Waals surface area (Å²) in [4.78, 5) is 16.0. The molecule has 2 aromatic carbocycles. The van der Waals surface area contributed by atoms with Gasteiger partial charge in [0.25, 0.3) is 15.9 Å². The molecule has 2 aromatic heterocycles. The summed E-state index contributed by atoms with van der Waals surface area (Å²) >= 11 is 16.6. The summed E-state index contributed by atoms with van der Waals surface area (Å²) in [5, 5.41) is 1.94. The molecule has 0 aliphatic heterocycles. The number of nitrogens with one attached hydrogen (secondary N) is 2. The molecular weight excluding hydrogens is 543 g/mol. The van der Waals surface area contributed by atoms with Crippen LogP contribution >= 0.6 is 50.5 Å². The average Bonchev–Trinajstić information content (AvgIpc) is 3.27. The van der Waals surface area contributed by atoms with Crippen molar-refractivity contribution in [1.82, 2.24) is 9.71 Å². The van der Waals surface area contributed by atoms with Gasteiger partial charge in [-0.1, -0.05) is 29.3 Å². The van der Waals surface area contributed by atoms with Crippen molar-refractivity contribution in [2.45, 2.75) is 17.6 Å². The Kier molecular flexibility index (Phi) is 6.20. The summed E-state index contributed by atoms with van der Waals surface area (Å²) < 4.78 is 27.8. The van der Waals surface area contributed by atoms with E-state index < -0.39 is 15.9 Å². The zero-order valence-electron chi connectivity index (χ0n) is 16.0. The van der Waals surface area contributed by atoms with E-state index in [1.165, 1.54) is 6.07 Å². The lowest BCUT2D eigenvalue weighted by Gasteiger charge is -2.07. The highest BCUT2D eigenvalue weighted by molar-refractivity contribution is 9.11. The summed E-state index contributed by atoms with van der Waals surface area (Å²) in [6.07, 6.45) is 0.536. The zero-order chi connectivity index (χ0) is 22.3. The van der Waals surface area contributed by atoms with Gasteiger partial charge in [-0.25, -0.2) is 13.1 Å². The van der Waals surface area contributed by atoms with E-state index in [1.807, 2.05) is 13.0 Å². The normalized spacial score (nSPS) is 11.7. The van der Waals surface area contributed by atoms with E-state index >= 15 is 0 Å². The van der Waals surface area contributed by atoms with Crippen molar-refractivity contribution in [3.05, 3.63) is 84.7 Å². The molecule has 0 saturated heterocycles. The van der Waals surface area contributed by atoms with Gasteiger partial charge in [-0.05, 0) is 76.4 Å². The first kappa shape index (κ1) is 22.4. The zero-order valence-corrected chi connectivity index (χ0v) is 20.7. The SMILES string of the molecule is Cc1[nH]c2ccc(C(=O)NS(=O)(=O)c3ccc(Br)s3)cc2c1Cc1ccc(Cl)cc1Cl. The lowest BCUT2D eigenvalue weighted by molar-refractivity contribution is 0.0981. The van der Waals surface area contributed by atoms with Crippen LogP contribution in [-0.4, -0.2) is 19.3 Å².